The maximum absolute atomic E-state index is 13.0. The zero-order valence-corrected chi connectivity index (χ0v) is 12.6. The summed E-state index contributed by atoms with van der Waals surface area (Å²) in [6.45, 7) is 3.90. The number of carbonyl (C=O) groups is 1. The molecule has 0 saturated heterocycles. The van der Waals surface area contributed by atoms with Crippen LogP contribution in [0.3, 0.4) is 0 Å². The van der Waals surface area contributed by atoms with Gasteiger partial charge in [0.2, 0.25) is 6.10 Å². The largest absolute Gasteiger partial charge is 0.545 e. The third-order valence-electron chi connectivity index (χ3n) is 3.18. The molecule has 0 spiro atoms. The van der Waals surface area contributed by atoms with Crippen LogP contribution in [-0.4, -0.2) is 18.2 Å². The number of carboxylic acid groups (broad SMARTS) is 1. The number of halogens is 4. The molecule has 0 bridgehead atoms. The van der Waals surface area contributed by atoms with Crippen molar-refractivity contribution < 1.29 is 27.8 Å². The van der Waals surface area contributed by atoms with E-state index in [2.05, 4.69) is 0 Å². The van der Waals surface area contributed by atoms with Gasteiger partial charge in [-0.3, -0.25) is 0 Å². The van der Waals surface area contributed by atoms with Gasteiger partial charge in [0.15, 0.2) is 0 Å². The van der Waals surface area contributed by atoms with Crippen molar-refractivity contribution in [2.75, 3.05) is 0 Å². The van der Waals surface area contributed by atoms with Crippen molar-refractivity contribution in [2.45, 2.75) is 32.5 Å². The Morgan fingerprint density at radius 1 is 1.41 bits per heavy atom. The quantitative estimate of drug-likeness (QED) is 0.854. The molecule has 120 valence electrons. The molecule has 0 amide bonds. The molecule has 2 rings (SSSR count). The average Bonchev–Trinajstić information content (AvgIpc) is 2.36. The van der Waals surface area contributed by atoms with E-state index in [1.807, 2.05) is 13.8 Å². The van der Waals surface area contributed by atoms with Gasteiger partial charge in [-0.05, 0) is 36.1 Å². The Balaban J connectivity index is 2.51. The van der Waals surface area contributed by atoms with E-state index >= 15 is 0 Å². The first-order valence-corrected chi connectivity index (χ1v) is 6.96. The first kappa shape index (κ1) is 16.7. The molecular formula is C15H13ClF3O3-. The lowest BCUT2D eigenvalue weighted by Gasteiger charge is -2.30. The van der Waals surface area contributed by atoms with Gasteiger partial charge in [0.05, 0.1) is 5.97 Å². The van der Waals surface area contributed by atoms with Crippen LogP contribution in [0.25, 0.3) is 6.08 Å². The van der Waals surface area contributed by atoms with Gasteiger partial charge in [-0.15, -0.1) is 0 Å². The standard InChI is InChI=1S/C15H14ClF3O3/c1-7(2)3-8-6-12-9(5-11(8)16)4-10(14(20)21)13(22-12)15(17,18)19/h4-7,13H,3H2,1-2H3,(H,20,21)/p-1/t13-/m1/s1. The highest BCUT2D eigenvalue weighted by atomic mass is 35.5. The summed E-state index contributed by atoms with van der Waals surface area (Å²) in [7, 11) is 0. The summed E-state index contributed by atoms with van der Waals surface area (Å²) >= 11 is 6.09. The second-order valence-corrected chi connectivity index (χ2v) is 5.91. The van der Waals surface area contributed by atoms with Crippen molar-refractivity contribution >= 4 is 23.6 Å². The topological polar surface area (TPSA) is 49.4 Å². The first-order valence-electron chi connectivity index (χ1n) is 6.58. The van der Waals surface area contributed by atoms with Crippen molar-refractivity contribution in [3.63, 3.8) is 0 Å². The number of ether oxygens (including phenoxy) is 1. The smallest absolute Gasteiger partial charge is 0.429 e. The SMILES string of the molecule is CC(C)Cc1cc2c(cc1Cl)C=C(C(=O)[O-])[C@H](C(F)(F)F)O2. The van der Waals surface area contributed by atoms with Gasteiger partial charge in [-0.1, -0.05) is 25.4 Å². The Kier molecular flexibility index (Phi) is 4.42. The second-order valence-electron chi connectivity index (χ2n) is 5.51. The van der Waals surface area contributed by atoms with Crippen LogP contribution < -0.4 is 9.84 Å². The van der Waals surface area contributed by atoms with Crippen molar-refractivity contribution in [1.82, 2.24) is 0 Å². The molecule has 0 saturated carbocycles. The number of rotatable bonds is 3. The molecule has 0 aromatic heterocycles. The molecule has 0 aliphatic carbocycles. The number of carbonyl (C=O) groups excluding carboxylic acids is 1. The predicted molar refractivity (Wildman–Crippen MR) is 73.4 cm³/mol. The number of alkyl halides is 3. The summed E-state index contributed by atoms with van der Waals surface area (Å²) in [5, 5.41) is 11.3. The molecule has 1 aliphatic rings. The molecule has 7 heteroatoms. The minimum atomic E-state index is -4.85. The molecule has 1 aromatic rings. The molecule has 0 N–H and O–H groups in total. The van der Waals surface area contributed by atoms with Crippen molar-refractivity contribution in [1.29, 1.82) is 0 Å². The Labute approximate surface area is 130 Å². The molecule has 3 nitrogen and oxygen atoms in total. The molecule has 0 unspecified atom stereocenters. The molecule has 1 heterocycles. The highest BCUT2D eigenvalue weighted by Crippen LogP contribution is 2.39. The predicted octanol–water partition coefficient (Wildman–Crippen LogP) is 3.00. The molecule has 1 aliphatic heterocycles. The van der Waals surface area contributed by atoms with Crippen molar-refractivity contribution in [3.05, 3.63) is 33.9 Å². The fourth-order valence-corrected chi connectivity index (χ4v) is 2.51. The summed E-state index contributed by atoms with van der Waals surface area (Å²) in [6, 6.07) is 2.84. The van der Waals surface area contributed by atoms with Crippen LogP contribution in [0.4, 0.5) is 13.2 Å². The van der Waals surface area contributed by atoms with E-state index in [-0.39, 0.29) is 17.2 Å². The van der Waals surface area contributed by atoms with Gasteiger partial charge in [0, 0.05) is 16.2 Å². The Morgan fingerprint density at radius 3 is 2.55 bits per heavy atom. The van der Waals surface area contributed by atoms with Crippen LogP contribution in [-0.2, 0) is 11.2 Å². The molecule has 1 aromatic carbocycles. The number of benzene rings is 1. The molecule has 1 atom stereocenters. The summed E-state index contributed by atoms with van der Waals surface area (Å²) in [5.41, 5.74) is -0.119. The Hall–Kier alpha value is -1.69. The lowest BCUT2D eigenvalue weighted by Crippen LogP contribution is -2.44. The average molecular weight is 334 g/mol. The van der Waals surface area contributed by atoms with Crippen LogP contribution >= 0.6 is 11.6 Å². The van der Waals surface area contributed by atoms with E-state index in [0.29, 0.717) is 17.0 Å². The fourth-order valence-electron chi connectivity index (χ4n) is 2.26. The zero-order chi connectivity index (χ0) is 16.7. The van der Waals surface area contributed by atoms with Crippen LogP contribution in [0, 0.1) is 5.92 Å². The van der Waals surface area contributed by atoms with Gasteiger partial charge in [-0.25, -0.2) is 0 Å². The molecule has 0 fully saturated rings. The maximum atomic E-state index is 13.0. The van der Waals surface area contributed by atoms with Crippen molar-refractivity contribution in [2.24, 2.45) is 5.92 Å². The van der Waals surface area contributed by atoms with Gasteiger partial charge < -0.3 is 14.6 Å². The third kappa shape index (κ3) is 3.38. The number of hydrogen-bond donors (Lipinski definition) is 0. The van der Waals surface area contributed by atoms with E-state index in [9.17, 15) is 23.1 Å². The van der Waals surface area contributed by atoms with E-state index in [1.165, 1.54) is 12.1 Å². The van der Waals surface area contributed by atoms with E-state index in [4.69, 9.17) is 16.3 Å². The van der Waals surface area contributed by atoms with E-state index < -0.39 is 23.8 Å². The number of hydrogen-bond acceptors (Lipinski definition) is 3. The minimum absolute atomic E-state index is 0.0348. The monoisotopic (exact) mass is 333 g/mol. The molecular weight excluding hydrogens is 321 g/mol. The highest BCUT2D eigenvalue weighted by Gasteiger charge is 2.46. The van der Waals surface area contributed by atoms with Crippen LogP contribution in [0.1, 0.15) is 25.0 Å². The van der Waals surface area contributed by atoms with Crippen LogP contribution in [0.15, 0.2) is 17.7 Å². The maximum Gasteiger partial charge on any atom is 0.429 e. The minimum Gasteiger partial charge on any atom is -0.545 e. The summed E-state index contributed by atoms with van der Waals surface area (Å²) in [6.07, 6.45) is -5.92. The van der Waals surface area contributed by atoms with Gasteiger partial charge >= 0.3 is 6.18 Å². The van der Waals surface area contributed by atoms with E-state index in [0.717, 1.165) is 6.08 Å². The number of fused-ring (bicyclic) bond motifs is 1. The highest BCUT2D eigenvalue weighted by molar-refractivity contribution is 6.31. The van der Waals surface area contributed by atoms with Crippen LogP contribution in [0.5, 0.6) is 5.75 Å². The van der Waals surface area contributed by atoms with E-state index in [1.54, 1.807) is 0 Å². The summed E-state index contributed by atoms with van der Waals surface area (Å²) < 4.78 is 43.7. The third-order valence-corrected chi connectivity index (χ3v) is 3.53. The summed E-state index contributed by atoms with van der Waals surface area (Å²) in [5.74, 6) is -1.70. The fraction of sp³-hybridized carbons (Fsp3) is 0.400. The van der Waals surface area contributed by atoms with Crippen molar-refractivity contribution in [3.8, 4) is 5.75 Å². The first-order chi connectivity index (χ1) is 10.1. The normalized spacial score (nSPS) is 17.8. The lowest BCUT2D eigenvalue weighted by molar-refractivity contribution is -0.302. The molecule has 22 heavy (non-hydrogen) atoms. The van der Waals surface area contributed by atoms with Gasteiger partial charge in [0.25, 0.3) is 0 Å². The zero-order valence-electron chi connectivity index (χ0n) is 11.8. The molecule has 0 radical (unpaired) electrons. The number of carboxylic acids is 1. The summed E-state index contributed by atoms with van der Waals surface area (Å²) in [4.78, 5) is 10.9. The van der Waals surface area contributed by atoms with Gasteiger partial charge in [-0.2, -0.15) is 13.2 Å². The number of aliphatic carboxylic acids is 1. The Bertz CT molecular complexity index is 636. The van der Waals surface area contributed by atoms with Crippen LogP contribution in [0.2, 0.25) is 5.02 Å². The second kappa shape index (κ2) is 5.83. The van der Waals surface area contributed by atoms with Gasteiger partial charge in [0.1, 0.15) is 5.75 Å². The Morgan fingerprint density at radius 2 is 2.05 bits per heavy atom. The lowest BCUT2D eigenvalue weighted by atomic mass is 9.97.